The highest BCUT2D eigenvalue weighted by Gasteiger charge is 2.29. The van der Waals surface area contributed by atoms with Gasteiger partial charge in [0.1, 0.15) is 5.69 Å². The summed E-state index contributed by atoms with van der Waals surface area (Å²) in [6.07, 6.45) is 1.56. The number of sulfonamides is 1. The number of hydrogen-bond acceptors (Lipinski definition) is 10. The number of hydrogen-bond donors (Lipinski definition) is 3. The molecule has 57 heavy (non-hydrogen) atoms. The van der Waals surface area contributed by atoms with Gasteiger partial charge in [0.25, 0.3) is 21.6 Å². The zero-order valence-corrected chi connectivity index (χ0v) is 34.4. The van der Waals surface area contributed by atoms with Gasteiger partial charge in [0, 0.05) is 66.1 Å². The fraction of sp³-hybridized carbons (Fsp3) is 0.279. The fourth-order valence-electron chi connectivity index (χ4n) is 6.92. The van der Waals surface area contributed by atoms with Gasteiger partial charge in [-0.05, 0) is 127 Å². The molecular formula is C43H46ClN5O6S2. The molecule has 0 saturated carbocycles. The second-order valence-corrected chi connectivity index (χ2v) is 17.6. The molecule has 1 aliphatic rings. The van der Waals surface area contributed by atoms with Crippen molar-refractivity contribution in [3.05, 3.63) is 142 Å². The molecule has 298 valence electrons. The van der Waals surface area contributed by atoms with Crippen LogP contribution in [0.4, 0.5) is 22.7 Å². The maximum atomic E-state index is 13.3. The predicted octanol–water partition coefficient (Wildman–Crippen LogP) is 9.03. The van der Waals surface area contributed by atoms with Gasteiger partial charge in [0.2, 0.25) is 0 Å². The molecule has 0 aromatic heterocycles. The number of rotatable bonds is 15. The van der Waals surface area contributed by atoms with E-state index in [-0.39, 0.29) is 23.2 Å². The molecule has 3 N–H and O–H groups in total. The molecule has 1 unspecified atom stereocenters. The molecule has 1 amide bonds. The first kappa shape index (κ1) is 41.6. The van der Waals surface area contributed by atoms with Crippen LogP contribution >= 0.6 is 23.4 Å². The van der Waals surface area contributed by atoms with Crippen LogP contribution in [0.15, 0.2) is 125 Å². The molecule has 5 aromatic rings. The van der Waals surface area contributed by atoms with Crippen molar-refractivity contribution < 1.29 is 23.2 Å². The van der Waals surface area contributed by atoms with Crippen molar-refractivity contribution in [3.63, 3.8) is 0 Å². The molecule has 1 heterocycles. The number of piperidine rings is 1. The third kappa shape index (κ3) is 10.5. The monoisotopic (exact) mass is 827 g/mol. The summed E-state index contributed by atoms with van der Waals surface area (Å²) in [6, 6.07) is 33.7. The highest BCUT2D eigenvalue weighted by Crippen LogP contribution is 2.37. The van der Waals surface area contributed by atoms with Crippen molar-refractivity contribution in [1.29, 1.82) is 0 Å². The maximum absolute atomic E-state index is 13.3. The third-order valence-electron chi connectivity index (χ3n) is 10.2. The van der Waals surface area contributed by atoms with Crippen LogP contribution in [0.25, 0.3) is 11.1 Å². The zero-order valence-electron chi connectivity index (χ0n) is 32.0. The number of nitrogens with zero attached hydrogens (tertiary/aromatic N) is 3. The lowest BCUT2D eigenvalue weighted by Gasteiger charge is -2.36. The van der Waals surface area contributed by atoms with E-state index in [1.165, 1.54) is 12.1 Å². The van der Waals surface area contributed by atoms with Crippen LogP contribution in [-0.4, -0.2) is 63.3 Å². The van der Waals surface area contributed by atoms with Gasteiger partial charge in [0.15, 0.2) is 0 Å². The Morgan fingerprint density at radius 1 is 0.965 bits per heavy atom. The van der Waals surface area contributed by atoms with Crippen LogP contribution in [0.2, 0.25) is 5.02 Å². The van der Waals surface area contributed by atoms with Gasteiger partial charge in [-0.1, -0.05) is 48.0 Å². The van der Waals surface area contributed by atoms with Crippen LogP contribution in [0, 0.1) is 16.0 Å². The van der Waals surface area contributed by atoms with E-state index in [0.29, 0.717) is 24.5 Å². The van der Waals surface area contributed by atoms with E-state index in [1.807, 2.05) is 86.6 Å². The van der Waals surface area contributed by atoms with Gasteiger partial charge in [-0.3, -0.25) is 14.9 Å². The molecule has 6 rings (SSSR count). The molecule has 11 nitrogen and oxygen atoms in total. The van der Waals surface area contributed by atoms with Gasteiger partial charge < -0.3 is 20.2 Å². The number of carbonyl (C=O) groups excluding carboxylic acids is 1. The Bertz CT molecular complexity index is 2280. The Hall–Kier alpha value is -5.08. The third-order valence-corrected chi connectivity index (χ3v) is 12.8. The fourth-order valence-corrected chi connectivity index (χ4v) is 9.08. The molecule has 0 bridgehead atoms. The molecule has 0 radical (unpaired) electrons. The van der Waals surface area contributed by atoms with Crippen LogP contribution in [0.3, 0.4) is 0 Å². The van der Waals surface area contributed by atoms with Crippen molar-refractivity contribution in [2.24, 2.45) is 5.92 Å². The van der Waals surface area contributed by atoms with E-state index in [4.69, 9.17) is 11.6 Å². The zero-order chi connectivity index (χ0) is 40.7. The number of aliphatic hydroxyl groups excluding tert-OH is 1. The molecule has 14 heteroatoms. The number of thioether (sulfide) groups is 1. The molecule has 1 fully saturated rings. The summed E-state index contributed by atoms with van der Waals surface area (Å²) in [6.45, 7) is 3.29. The number of amides is 1. The number of benzene rings is 5. The number of halogens is 1. The Balaban J connectivity index is 1.02. The number of aliphatic hydroxyl groups is 1. The molecular weight excluding hydrogens is 782 g/mol. The van der Waals surface area contributed by atoms with Crippen molar-refractivity contribution in [1.82, 2.24) is 4.72 Å². The van der Waals surface area contributed by atoms with Gasteiger partial charge in [-0.2, -0.15) is 0 Å². The summed E-state index contributed by atoms with van der Waals surface area (Å²) in [5, 5.41) is 27.3. The number of anilines is 3. The Labute approximate surface area is 343 Å². The minimum absolute atomic E-state index is 0.0513. The van der Waals surface area contributed by atoms with E-state index in [2.05, 4.69) is 27.1 Å². The maximum Gasteiger partial charge on any atom is 0.293 e. The molecule has 2 atom stereocenters. The van der Waals surface area contributed by atoms with Crippen LogP contribution in [0.1, 0.15) is 48.2 Å². The average molecular weight is 828 g/mol. The Morgan fingerprint density at radius 2 is 1.63 bits per heavy atom. The summed E-state index contributed by atoms with van der Waals surface area (Å²) >= 11 is 7.78. The SMILES string of the molecule is C[C@H](CCSc1ccc(N(C)C)cc1)Nc1ccc(S(=O)(=O)NC(=O)c2ccc(N3CCC(C(O)c4ccccc4-c4ccc(Cl)cc4)CC3)cc2)cc1[N+](=O)[O-]. The van der Waals surface area contributed by atoms with Crippen molar-refractivity contribution in [2.45, 2.75) is 48.1 Å². The number of nitrogens with one attached hydrogen (secondary N) is 2. The Morgan fingerprint density at radius 3 is 2.28 bits per heavy atom. The van der Waals surface area contributed by atoms with Crippen LogP contribution in [0.5, 0.6) is 0 Å². The molecule has 1 saturated heterocycles. The van der Waals surface area contributed by atoms with Crippen LogP contribution < -0.4 is 19.8 Å². The second kappa shape index (κ2) is 18.5. The number of carbonyl (C=O) groups is 1. The van der Waals surface area contributed by atoms with Gasteiger partial charge in [-0.15, -0.1) is 11.8 Å². The van der Waals surface area contributed by atoms with Gasteiger partial charge in [0.05, 0.1) is 15.9 Å². The summed E-state index contributed by atoms with van der Waals surface area (Å²) in [4.78, 5) is 29.4. The van der Waals surface area contributed by atoms with Gasteiger partial charge >= 0.3 is 0 Å². The van der Waals surface area contributed by atoms with E-state index in [1.54, 1.807) is 36.0 Å². The highest BCUT2D eigenvalue weighted by molar-refractivity contribution is 7.99. The quantitative estimate of drug-likeness (QED) is 0.0531. The predicted molar refractivity (Wildman–Crippen MR) is 230 cm³/mol. The van der Waals surface area contributed by atoms with E-state index in [0.717, 1.165) is 57.6 Å². The van der Waals surface area contributed by atoms with E-state index < -0.39 is 37.5 Å². The minimum Gasteiger partial charge on any atom is -0.388 e. The lowest BCUT2D eigenvalue weighted by molar-refractivity contribution is -0.384. The smallest absolute Gasteiger partial charge is 0.293 e. The summed E-state index contributed by atoms with van der Waals surface area (Å²) in [5.41, 5.74) is 4.73. The minimum atomic E-state index is -4.43. The highest BCUT2D eigenvalue weighted by atomic mass is 35.5. The summed E-state index contributed by atoms with van der Waals surface area (Å²) in [7, 11) is -0.463. The Kier molecular flexibility index (Phi) is 13.5. The van der Waals surface area contributed by atoms with Crippen LogP contribution in [-0.2, 0) is 10.0 Å². The van der Waals surface area contributed by atoms with E-state index in [9.17, 15) is 28.4 Å². The van der Waals surface area contributed by atoms with E-state index >= 15 is 0 Å². The number of nitro groups is 1. The standard InChI is InChI=1S/C43H46ClN5O6S2/c1-29(24-27-56-36-18-16-34(17-19-36)47(2)3)45-40-21-20-37(28-41(40)49(52)53)57(54,55)46-43(51)32-10-14-35(15-11-32)48-25-22-31(23-26-48)42(50)39-7-5-4-6-38(39)30-8-12-33(44)13-9-30/h4-21,28-29,31,42,45,50H,22-27H2,1-3H3,(H,46,51)/t29-,42?/m1/s1. The molecule has 0 spiro atoms. The molecule has 1 aliphatic heterocycles. The lowest BCUT2D eigenvalue weighted by atomic mass is 9.84. The van der Waals surface area contributed by atoms with Crippen molar-refractivity contribution in [3.8, 4) is 11.1 Å². The molecule has 0 aliphatic carbocycles. The van der Waals surface area contributed by atoms with Gasteiger partial charge in [-0.25, -0.2) is 13.1 Å². The summed E-state index contributed by atoms with van der Waals surface area (Å²) < 4.78 is 28.6. The number of nitro benzene ring substituents is 1. The normalized spacial score (nSPS) is 14.4. The second-order valence-electron chi connectivity index (χ2n) is 14.4. The first-order valence-corrected chi connectivity index (χ1v) is 21.5. The topological polar surface area (TPSA) is 145 Å². The first-order valence-electron chi connectivity index (χ1n) is 18.7. The lowest BCUT2D eigenvalue weighted by Crippen LogP contribution is -2.35. The molecule has 5 aromatic carbocycles. The van der Waals surface area contributed by atoms with Crippen molar-refractivity contribution in [2.75, 3.05) is 48.1 Å². The van der Waals surface area contributed by atoms with Crippen molar-refractivity contribution >= 4 is 62.0 Å². The largest absolute Gasteiger partial charge is 0.388 e. The average Bonchev–Trinajstić information content (AvgIpc) is 3.21. The first-order chi connectivity index (χ1) is 27.3. The summed E-state index contributed by atoms with van der Waals surface area (Å²) in [5.74, 6) is -0.0294.